The SMILES string of the molecule is CC(CCNc1cc([N+](=O)[O-])ccc1C(=O)O)S(C)=O. The molecule has 0 aromatic heterocycles. The summed E-state index contributed by atoms with van der Waals surface area (Å²) in [6.07, 6.45) is 2.17. The molecule has 1 rings (SSSR count). The summed E-state index contributed by atoms with van der Waals surface area (Å²) in [4.78, 5) is 21.2. The Labute approximate surface area is 118 Å². The van der Waals surface area contributed by atoms with Gasteiger partial charge in [-0.25, -0.2) is 4.79 Å². The Balaban J connectivity index is 2.85. The average molecular weight is 300 g/mol. The van der Waals surface area contributed by atoms with Crippen molar-refractivity contribution in [1.82, 2.24) is 0 Å². The fourth-order valence-electron chi connectivity index (χ4n) is 1.55. The molecule has 0 aliphatic carbocycles. The van der Waals surface area contributed by atoms with E-state index in [2.05, 4.69) is 5.32 Å². The molecule has 0 saturated carbocycles. The first kappa shape index (κ1) is 16.1. The molecule has 1 aromatic rings. The van der Waals surface area contributed by atoms with Gasteiger partial charge in [0.25, 0.3) is 5.69 Å². The summed E-state index contributed by atoms with van der Waals surface area (Å²) in [5, 5.41) is 22.6. The van der Waals surface area contributed by atoms with E-state index >= 15 is 0 Å². The topological polar surface area (TPSA) is 110 Å². The second kappa shape index (κ2) is 6.99. The molecule has 2 N–H and O–H groups in total. The van der Waals surface area contributed by atoms with Gasteiger partial charge in [-0.2, -0.15) is 0 Å². The molecule has 0 aliphatic heterocycles. The van der Waals surface area contributed by atoms with Crippen molar-refractivity contribution in [3.8, 4) is 0 Å². The Morgan fingerprint density at radius 1 is 1.55 bits per heavy atom. The lowest BCUT2D eigenvalue weighted by molar-refractivity contribution is -0.384. The molecule has 0 radical (unpaired) electrons. The second-order valence-electron chi connectivity index (χ2n) is 4.32. The van der Waals surface area contributed by atoms with Gasteiger partial charge in [-0.1, -0.05) is 6.92 Å². The smallest absolute Gasteiger partial charge is 0.337 e. The Morgan fingerprint density at radius 2 is 2.20 bits per heavy atom. The molecule has 20 heavy (non-hydrogen) atoms. The standard InChI is InChI=1S/C12H16N2O5S/c1-8(20(2)19)5-6-13-11-7-9(14(17)18)3-4-10(11)12(15)16/h3-4,7-8,13H,5-6H2,1-2H3,(H,15,16). The van der Waals surface area contributed by atoms with E-state index < -0.39 is 21.7 Å². The minimum atomic E-state index is -1.16. The zero-order valence-electron chi connectivity index (χ0n) is 11.2. The Hall–Kier alpha value is -1.96. The lowest BCUT2D eigenvalue weighted by atomic mass is 10.1. The fraction of sp³-hybridized carbons (Fsp3) is 0.417. The van der Waals surface area contributed by atoms with Crippen LogP contribution in [0.15, 0.2) is 18.2 Å². The molecule has 0 bridgehead atoms. The first-order valence-electron chi connectivity index (χ1n) is 5.90. The van der Waals surface area contributed by atoms with E-state index in [1.54, 1.807) is 6.26 Å². The molecule has 8 heteroatoms. The van der Waals surface area contributed by atoms with E-state index in [4.69, 9.17) is 5.11 Å². The highest BCUT2D eigenvalue weighted by Crippen LogP contribution is 2.22. The van der Waals surface area contributed by atoms with Gasteiger partial charge in [-0.3, -0.25) is 14.3 Å². The molecular weight excluding hydrogens is 284 g/mol. The Kier molecular flexibility index (Phi) is 5.63. The molecule has 0 saturated heterocycles. The number of carboxylic acid groups (broad SMARTS) is 1. The highest BCUT2D eigenvalue weighted by molar-refractivity contribution is 7.84. The molecule has 0 amide bonds. The Morgan fingerprint density at radius 3 is 2.70 bits per heavy atom. The van der Waals surface area contributed by atoms with Crippen LogP contribution >= 0.6 is 0 Å². The zero-order chi connectivity index (χ0) is 15.3. The monoisotopic (exact) mass is 300 g/mol. The predicted molar refractivity (Wildman–Crippen MR) is 76.7 cm³/mol. The number of nitro benzene ring substituents is 1. The summed E-state index contributed by atoms with van der Waals surface area (Å²) in [5.41, 5.74) is -0.00808. The molecule has 1 aromatic carbocycles. The quantitative estimate of drug-likeness (QED) is 0.587. The summed E-state index contributed by atoms with van der Waals surface area (Å²) >= 11 is 0. The van der Waals surface area contributed by atoms with Gasteiger partial charge in [0.15, 0.2) is 0 Å². The average Bonchev–Trinajstić information content (AvgIpc) is 2.37. The largest absolute Gasteiger partial charge is 0.478 e. The maximum absolute atomic E-state index is 11.2. The minimum Gasteiger partial charge on any atom is -0.478 e. The van der Waals surface area contributed by atoms with Crippen LogP contribution in [0.1, 0.15) is 23.7 Å². The molecular formula is C12H16N2O5S. The van der Waals surface area contributed by atoms with Crippen LogP contribution in [-0.2, 0) is 10.8 Å². The molecule has 0 spiro atoms. The van der Waals surface area contributed by atoms with Gasteiger partial charge in [0.2, 0.25) is 0 Å². The summed E-state index contributed by atoms with van der Waals surface area (Å²) in [7, 11) is -0.959. The van der Waals surface area contributed by atoms with Crippen LogP contribution in [0.5, 0.6) is 0 Å². The maximum atomic E-state index is 11.2. The minimum absolute atomic E-state index is 0.0270. The number of benzene rings is 1. The maximum Gasteiger partial charge on any atom is 0.337 e. The van der Waals surface area contributed by atoms with E-state index in [0.29, 0.717) is 13.0 Å². The van der Waals surface area contributed by atoms with Crippen LogP contribution in [0.4, 0.5) is 11.4 Å². The third-order valence-corrected chi connectivity index (χ3v) is 4.25. The van der Waals surface area contributed by atoms with E-state index in [0.717, 1.165) is 6.07 Å². The van der Waals surface area contributed by atoms with Gasteiger partial charge in [0, 0.05) is 41.0 Å². The van der Waals surface area contributed by atoms with Crippen molar-refractivity contribution in [1.29, 1.82) is 0 Å². The van der Waals surface area contributed by atoms with Gasteiger partial charge >= 0.3 is 5.97 Å². The number of nitrogens with one attached hydrogen (secondary N) is 1. The van der Waals surface area contributed by atoms with E-state index in [1.807, 2.05) is 6.92 Å². The molecule has 7 nitrogen and oxygen atoms in total. The number of rotatable bonds is 7. The third-order valence-electron chi connectivity index (χ3n) is 2.88. The molecule has 0 fully saturated rings. The van der Waals surface area contributed by atoms with Gasteiger partial charge in [-0.15, -0.1) is 0 Å². The van der Waals surface area contributed by atoms with Crippen molar-refractivity contribution < 1.29 is 19.0 Å². The lowest BCUT2D eigenvalue weighted by Crippen LogP contribution is -2.16. The summed E-state index contributed by atoms with van der Waals surface area (Å²) < 4.78 is 11.2. The summed E-state index contributed by atoms with van der Waals surface area (Å²) in [6.45, 7) is 2.21. The number of carboxylic acids is 1. The molecule has 0 aliphatic rings. The van der Waals surface area contributed by atoms with E-state index in [-0.39, 0.29) is 22.2 Å². The van der Waals surface area contributed by atoms with Crippen LogP contribution < -0.4 is 5.32 Å². The van der Waals surface area contributed by atoms with Crippen LogP contribution in [0.25, 0.3) is 0 Å². The van der Waals surface area contributed by atoms with Crippen molar-refractivity contribution in [3.63, 3.8) is 0 Å². The van der Waals surface area contributed by atoms with E-state index in [9.17, 15) is 19.1 Å². The number of non-ortho nitro benzene ring substituents is 1. The van der Waals surface area contributed by atoms with Gasteiger partial charge in [-0.05, 0) is 12.5 Å². The molecule has 110 valence electrons. The van der Waals surface area contributed by atoms with Crippen LogP contribution in [0.2, 0.25) is 0 Å². The van der Waals surface area contributed by atoms with Crippen LogP contribution in [-0.4, -0.2) is 38.3 Å². The van der Waals surface area contributed by atoms with Crippen molar-refractivity contribution in [3.05, 3.63) is 33.9 Å². The van der Waals surface area contributed by atoms with Gasteiger partial charge in [0.1, 0.15) is 0 Å². The number of aromatic carboxylic acids is 1. The normalized spacial score (nSPS) is 13.5. The molecule has 2 unspecified atom stereocenters. The summed E-state index contributed by atoms with van der Waals surface area (Å²) in [6, 6.07) is 3.54. The van der Waals surface area contributed by atoms with Gasteiger partial charge in [0.05, 0.1) is 16.2 Å². The Bertz CT molecular complexity index is 547. The van der Waals surface area contributed by atoms with Crippen molar-refractivity contribution in [2.24, 2.45) is 0 Å². The number of nitro groups is 1. The third kappa shape index (κ3) is 4.30. The summed E-state index contributed by atoms with van der Waals surface area (Å²) in [5.74, 6) is -1.16. The van der Waals surface area contributed by atoms with Gasteiger partial charge < -0.3 is 10.4 Å². The first-order chi connectivity index (χ1) is 9.32. The number of nitrogens with zero attached hydrogens (tertiary/aromatic N) is 1. The molecule has 2 atom stereocenters. The van der Waals surface area contributed by atoms with Crippen LogP contribution in [0, 0.1) is 10.1 Å². The number of anilines is 1. The van der Waals surface area contributed by atoms with E-state index in [1.165, 1.54) is 12.1 Å². The molecule has 0 heterocycles. The van der Waals surface area contributed by atoms with Crippen molar-refractivity contribution in [2.45, 2.75) is 18.6 Å². The number of hydrogen-bond donors (Lipinski definition) is 2. The number of carbonyl (C=O) groups is 1. The van der Waals surface area contributed by atoms with Crippen molar-refractivity contribution >= 4 is 28.1 Å². The zero-order valence-corrected chi connectivity index (χ0v) is 12.0. The highest BCUT2D eigenvalue weighted by atomic mass is 32.2. The number of hydrogen-bond acceptors (Lipinski definition) is 5. The highest BCUT2D eigenvalue weighted by Gasteiger charge is 2.15. The lowest BCUT2D eigenvalue weighted by Gasteiger charge is -2.12. The fourth-order valence-corrected chi connectivity index (χ4v) is 2.00. The van der Waals surface area contributed by atoms with Crippen molar-refractivity contribution in [2.75, 3.05) is 18.1 Å². The predicted octanol–water partition coefficient (Wildman–Crippen LogP) is 1.86. The first-order valence-corrected chi connectivity index (χ1v) is 7.53. The second-order valence-corrected chi connectivity index (χ2v) is 6.12. The van der Waals surface area contributed by atoms with Crippen LogP contribution in [0.3, 0.4) is 0 Å².